The van der Waals surface area contributed by atoms with Gasteiger partial charge in [-0.2, -0.15) is 0 Å². The molecule has 0 radical (unpaired) electrons. The lowest BCUT2D eigenvalue weighted by atomic mass is 10.1. The number of carbonyl (C=O) groups is 1. The number of ether oxygens (including phenoxy) is 1. The van der Waals surface area contributed by atoms with Gasteiger partial charge in [-0.25, -0.2) is 17.2 Å². The van der Waals surface area contributed by atoms with Gasteiger partial charge < -0.3 is 4.74 Å². The Labute approximate surface area is 173 Å². The molecule has 0 aliphatic carbocycles. The van der Waals surface area contributed by atoms with Gasteiger partial charge in [-0.3, -0.25) is 9.52 Å². The minimum Gasteiger partial charge on any atom is -0.466 e. The Bertz CT molecular complexity index is 1160. The first-order valence-corrected chi connectivity index (χ1v) is 10.6. The second kappa shape index (κ2) is 9.04. The van der Waals surface area contributed by atoms with Crippen LogP contribution in [-0.4, -0.2) is 21.0 Å². The van der Waals surface area contributed by atoms with Gasteiger partial charge in [-0.15, -0.1) is 0 Å². The first-order chi connectivity index (χ1) is 14.3. The number of nitrogens with one attached hydrogen (secondary N) is 1. The normalized spacial score (nSPS) is 11.2. The van der Waals surface area contributed by atoms with E-state index in [0.29, 0.717) is 16.8 Å². The molecule has 0 saturated carbocycles. The Balaban J connectivity index is 1.78. The van der Waals surface area contributed by atoms with E-state index in [1.807, 2.05) is 0 Å². The molecule has 156 valence electrons. The Morgan fingerprint density at radius 1 is 1.00 bits per heavy atom. The molecule has 0 aliphatic rings. The van der Waals surface area contributed by atoms with Crippen molar-refractivity contribution in [1.82, 2.24) is 0 Å². The van der Waals surface area contributed by atoms with E-state index in [9.17, 15) is 22.0 Å². The summed E-state index contributed by atoms with van der Waals surface area (Å²) in [5.74, 6) is -1.83. The van der Waals surface area contributed by atoms with Crippen LogP contribution in [0.1, 0.15) is 12.5 Å². The molecule has 0 heterocycles. The van der Waals surface area contributed by atoms with E-state index >= 15 is 0 Å². The van der Waals surface area contributed by atoms with Gasteiger partial charge in [0.05, 0.1) is 17.9 Å². The zero-order valence-electron chi connectivity index (χ0n) is 16.1. The van der Waals surface area contributed by atoms with E-state index < -0.39 is 27.6 Å². The van der Waals surface area contributed by atoms with Crippen LogP contribution in [0.3, 0.4) is 0 Å². The third-order valence-corrected chi connectivity index (χ3v) is 5.64. The second-order valence-corrected chi connectivity index (χ2v) is 8.12. The maximum Gasteiger partial charge on any atom is 0.310 e. The van der Waals surface area contributed by atoms with Gasteiger partial charge in [0, 0.05) is 17.3 Å². The molecular formula is C22H19F2NO4S. The predicted molar refractivity (Wildman–Crippen MR) is 109 cm³/mol. The Morgan fingerprint density at radius 3 is 2.40 bits per heavy atom. The Kier molecular flexibility index (Phi) is 6.47. The molecule has 5 nitrogen and oxygen atoms in total. The van der Waals surface area contributed by atoms with Crippen LogP contribution >= 0.6 is 0 Å². The van der Waals surface area contributed by atoms with Gasteiger partial charge in [0.2, 0.25) is 0 Å². The molecule has 3 aromatic carbocycles. The lowest BCUT2D eigenvalue weighted by Crippen LogP contribution is -2.13. The van der Waals surface area contributed by atoms with Crippen LogP contribution in [0.5, 0.6) is 0 Å². The van der Waals surface area contributed by atoms with Crippen molar-refractivity contribution < 1.29 is 26.7 Å². The van der Waals surface area contributed by atoms with E-state index in [0.717, 1.165) is 12.1 Å². The summed E-state index contributed by atoms with van der Waals surface area (Å²) in [4.78, 5) is 11.6. The summed E-state index contributed by atoms with van der Waals surface area (Å²) in [6, 6.07) is 15.2. The summed E-state index contributed by atoms with van der Waals surface area (Å²) in [5.41, 5.74) is 1.49. The number of anilines is 1. The molecule has 30 heavy (non-hydrogen) atoms. The molecule has 0 aliphatic heterocycles. The summed E-state index contributed by atoms with van der Waals surface area (Å²) in [5, 5.41) is 0. The van der Waals surface area contributed by atoms with E-state index in [1.165, 1.54) is 30.3 Å². The van der Waals surface area contributed by atoms with Gasteiger partial charge >= 0.3 is 5.97 Å². The van der Waals surface area contributed by atoms with Crippen LogP contribution in [0, 0.1) is 11.6 Å². The number of sulfonamides is 1. The predicted octanol–water partition coefficient (Wildman–Crippen LogP) is 4.54. The van der Waals surface area contributed by atoms with Crippen molar-refractivity contribution in [2.45, 2.75) is 18.2 Å². The summed E-state index contributed by atoms with van der Waals surface area (Å²) >= 11 is 0. The minimum atomic E-state index is -3.90. The topological polar surface area (TPSA) is 72.5 Å². The van der Waals surface area contributed by atoms with E-state index in [2.05, 4.69) is 4.72 Å². The van der Waals surface area contributed by atoms with E-state index in [-0.39, 0.29) is 23.5 Å². The fourth-order valence-corrected chi connectivity index (χ4v) is 3.92. The number of carbonyl (C=O) groups excluding carboxylic acids is 1. The maximum absolute atomic E-state index is 13.9. The average Bonchev–Trinajstić information content (AvgIpc) is 2.68. The van der Waals surface area contributed by atoms with Gasteiger partial charge in [-0.05, 0) is 54.4 Å². The zero-order valence-corrected chi connectivity index (χ0v) is 16.9. The summed E-state index contributed by atoms with van der Waals surface area (Å²) in [6.07, 6.45) is 0.0291. The zero-order chi connectivity index (χ0) is 21.7. The molecule has 0 atom stereocenters. The van der Waals surface area contributed by atoms with Gasteiger partial charge in [0.1, 0.15) is 11.6 Å². The van der Waals surface area contributed by atoms with Crippen LogP contribution in [0.15, 0.2) is 71.6 Å². The van der Waals surface area contributed by atoms with Gasteiger partial charge in [-0.1, -0.05) is 24.3 Å². The Hall–Kier alpha value is -3.26. The number of esters is 1. The van der Waals surface area contributed by atoms with Crippen LogP contribution in [0.2, 0.25) is 0 Å². The van der Waals surface area contributed by atoms with Crippen molar-refractivity contribution in [3.05, 3.63) is 83.9 Å². The number of halogens is 2. The summed E-state index contributed by atoms with van der Waals surface area (Å²) in [6.45, 7) is 1.97. The molecule has 0 unspecified atom stereocenters. The number of rotatable bonds is 7. The van der Waals surface area contributed by atoms with Crippen molar-refractivity contribution in [2.75, 3.05) is 11.3 Å². The molecule has 3 rings (SSSR count). The van der Waals surface area contributed by atoms with Crippen molar-refractivity contribution in [3.8, 4) is 11.1 Å². The molecule has 0 aromatic heterocycles. The fourth-order valence-electron chi connectivity index (χ4n) is 2.87. The highest BCUT2D eigenvalue weighted by molar-refractivity contribution is 7.92. The smallest absolute Gasteiger partial charge is 0.310 e. The van der Waals surface area contributed by atoms with Crippen LogP contribution in [-0.2, 0) is 26.0 Å². The molecule has 1 N–H and O–H groups in total. The molecule has 0 fully saturated rings. The molecular weight excluding hydrogens is 412 g/mol. The largest absolute Gasteiger partial charge is 0.466 e. The van der Waals surface area contributed by atoms with Crippen molar-refractivity contribution in [1.29, 1.82) is 0 Å². The first-order valence-electron chi connectivity index (χ1n) is 9.11. The standard InChI is InChI=1S/C22H19F2NO4S/c1-2-29-22(26)13-15-4-3-5-18(12-15)25-30(27,28)19-9-6-16(7-10-19)20-11-8-17(23)14-21(20)24/h3-12,14,25H,2,13H2,1H3. The van der Waals surface area contributed by atoms with Crippen molar-refractivity contribution in [2.24, 2.45) is 0 Å². The molecule has 8 heteroatoms. The van der Waals surface area contributed by atoms with Crippen molar-refractivity contribution in [3.63, 3.8) is 0 Å². The Morgan fingerprint density at radius 2 is 1.73 bits per heavy atom. The maximum atomic E-state index is 13.9. The van der Waals surface area contributed by atoms with Crippen LogP contribution < -0.4 is 4.72 Å². The minimum absolute atomic E-state index is 0.0236. The van der Waals surface area contributed by atoms with Crippen molar-refractivity contribution >= 4 is 21.7 Å². The highest BCUT2D eigenvalue weighted by Crippen LogP contribution is 2.25. The average molecular weight is 431 g/mol. The second-order valence-electron chi connectivity index (χ2n) is 6.44. The highest BCUT2D eigenvalue weighted by atomic mass is 32.2. The highest BCUT2D eigenvalue weighted by Gasteiger charge is 2.16. The lowest BCUT2D eigenvalue weighted by Gasteiger charge is -2.10. The first kappa shape index (κ1) is 21.4. The van der Waals surface area contributed by atoms with Gasteiger partial charge in [0.25, 0.3) is 10.0 Å². The molecule has 3 aromatic rings. The number of hydrogen-bond donors (Lipinski definition) is 1. The van der Waals surface area contributed by atoms with E-state index in [1.54, 1.807) is 31.2 Å². The molecule has 0 saturated heterocycles. The van der Waals surface area contributed by atoms with Crippen LogP contribution in [0.4, 0.5) is 14.5 Å². The molecule has 0 amide bonds. The molecule has 0 spiro atoms. The summed E-state index contributed by atoms with van der Waals surface area (Å²) < 4.78 is 59.7. The third kappa shape index (κ3) is 5.21. The van der Waals surface area contributed by atoms with Crippen LogP contribution in [0.25, 0.3) is 11.1 Å². The lowest BCUT2D eigenvalue weighted by molar-refractivity contribution is -0.142. The van der Waals surface area contributed by atoms with E-state index in [4.69, 9.17) is 4.74 Å². The SMILES string of the molecule is CCOC(=O)Cc1cccc(NS(=O)(=O)c2ccc(-c3ccc(F)cc3F)cc2)c1. The number of benzene rings is 3. The third-order valence-electron chi connectivity index (χ3n) is 4.24. The monoisotopic (exact) mass is 431 g/mol. The number of hydrogen-bond acceptors (Lipinski definition) is 4. The quantitative estimate of drug-likeness (QED) is 0.558. The summed E-state index contributed by atoms with van der Waals surface area (Å²) in [7, 11) is -3.90. The fraction of sp³-hybridized carbons (Fsp3) is 0.136. The molecule has 0 bridgehead atoms. The van der Waals surface area contributed by atoms with Gasteiger partial charge in [0.15, 0.2) is 0 Å².